The summed E-state index contributed by atoms with van der Waals surface area (Å²) in [7, 11) is 0. The van der Waals surface area contributed by atoms with E-state index in [9.17, 15) is 4.79 Å². The number of hydrogen-bond donors (Lipinski definition) is 1. The molecule has 0 saturated carbocycles. The Morgan fingerprint density at radius 3 is 2.05 bits per heavy atom. The third-order valence-electron chi connectivity index (χ3n) is 3.53. The maximum absolute atomic E-state index is 11.0. The largest absolute Gasteiger partial charge is 0.479 e. The Hall–Kier alpha value is -1.51. The van der Waals surface area contributed by atoms with Crippen LogP contribution in [0, 0.1) is 5.41 Å². The van der Waals surface area contributed by atoms with Gasteiger partial charge in [0.25, 0.3) is 0 Å². The molecule has 1 aromatic rings. The first kappa shape index (κ1) is 17.5. The van der Waals surface area contributed by atoms with Gasteiger partial charge in [-0.05, 0) is 41.4 Å². The molecule has 0 amide bonds. The monoisotopic (exact) mass is 292 g/mol. The SMILES string of the molecule is CC[C@H](Oc1ccc(C(C)(C)CC(C)(C)C)cc1)C(=O)O. The molecule has 0 bridgehead atoms. The van der Waals surface area contributed by atoms with Gasteiger partial charge in [0.05, 0.1) is 0 Å². The molecule has 1 N–H and O–H groups in total. The van der Waals surface area contributed by atoms with E-state index in [-0.39, 0.29) is 10.8 Å². The molecule has 1 aromatic carbocycles. The van der Waals surface area contributed by atoms with Crippen molar-refractivity contribution in [3.63, 3.8) is 0 Å². The van der Waals surface area contributed by atoms with Crippen LogP contribution in [-0.4, -0.2) is 17.2 Å². The van der Waals surface area contributed by atoms with Gasteiger partial charge in [-0.25, -0.2) is 4.79 Å². The topological polar surface area (TPSA) is 46.5 Å². The second kappa shape index (κ2) is 6.50. The number of ether oxygens (including phenoxy) is 1. The molecule has 118 valence electrons. The lowest BCUT2D eigenvalue weighted by molar-refractivity contribution is -0.145. The average Bonchev–Trinajstić information content (AvgIpc) is 2.33. The van der Waals surface area contributed by atoms with Gasteiger partial charge < -0.3 is 9.84 Å². The van der Waals surface area contributed by atoms with Crippen LogP contribution in [0.15, 0.2) is 24.3 Å². The summed E-state index contributed by atoms with van der Waals surface area (Å²) in [4.78, 5) is 11.0. The van der Waals surface area contributed by atoms with E-state index in [2.05, 4.69) is 34.6 Å². The van der Waals surface area contributed by atoms with Crippen LogP contribution < -0.4 is 4.74 Å². The summed E-state index contributed by atoms with van der Waals surface area (Å²) in [5.41, 5.74) is 1.58. The highest BCUT2D eigenvalue weighted by Gasteiger charge is 2.27. The lowest BCUT2D eigenvalue weighted by atomic mass is 9.72. The van der Waals surface area contributed by atoms with E-state index in [1.165, 1.54) is 5.56 Å². The molecule has 0 fully saturated rings. The van der Waals surface area contributed by atoms with Gasteiger partial charge in [0, 0.05) is 0 Å². The zero-order valence-corrected chi connectivity index (χ0v) is 14.1. The second-order valence-corrected chi connectivity index (χ2v) is 7.50. The maximum atomic E-state index is 11.0. The molecule has 3 nitrogen and oxygen atoms in total. The fourth-order valence-corrected chi connectivity index (χ4v) is 2.89. The summed E-state index contributed by atoms with van der Waals surface area (Å²) in [6.07, 6.45) is 0.748. The van der Waals surface area contributed by atoms with Gasteiger partial charge in [0.1, 0.15) is 5.75 Å². The third kappa shape index (κ3) is 5.41. The molecule has 0 unspecified atom stereocenters. The van der Waals surface area contributed by atoms with Crippen molar-refractivity contribution in [2.75, 3.05) is 0 Å². The van der Waals surface area contributed by atoms with Crippen molar-refractivity contribution in [3.8, 4) is 5.75 Å². The standard InChI is InChI=1S/C18H28O3/c1-7-15(16(19)20)21-14-10-8-13(9-11-14)18(5,6)12-17(2,3)4/h8-11,15H,7,12H2,1-6H3,(H,19,20)/t15-/m0/s1. The van der Waals surface area contributed by atoms with Gasteiger partial charge in [0.2, 0.25) is 0 Å². The number of rotatable bonds is 6. The van der Waals surface area contributed by atoms with Crippen LogP contribution in [0.25, 0.3) is 0 Å². The maximum Gasteiger partial charge on any atom is 0.344 e. The van der Waals surface area contributed by atoms with E-state index in [0.29, 0.717) is 12.2 Å². The molecule has 0 radical (unpaired) electrons. The zero-order chi connectivity index (χ0) is 16.3. The average molecular weight is 292 g/mol. The Morgan fingerprint density at radius 1 is 1.14 bits per heavy atom. The minimum atomic E-state index is -0.922. The molecule has 0 saturated heterocycles. The van der Waals surface area contributed by atoms with Crippen LogP contribution in [0.5, 0.6) is 5.75 Å². The zero-order valence-electron chi connectivity index (χ0n) is 14.1. The Balaban J connectivity index is 2.85. The molecule has 21 heavy (non-hydrogen) atoms. The quantitative estimate of drug-likeness (QED) is 0.830. The summed E-state index contributed by atoms with van der Waals surface area (Å²) in [6, 6.07) is 7.81. The molecule has 1 rings (SSSR count). The highest BCUT2D eigenvalue weighted by Crippen LogP contribution is 2.36. The van der Waals surface area contributed by atoms with Crippen molar-refractivity contribution in [1.82, 2.24) is 0 Å². The molecule has 0 aliphatic heterocycles. The lowest BCUT2D eigenvalue weighted by Gasteiger charge is -2.33. The number of carboxylic acids is 1. The van der Waals surface area contributed by atoms with Crippen molar-refractivity contribution in [3.05, 3.63) is 29.8 Å². The van der Waals surface area contributed by atoms with Crippen LogP contribution in [0.1, 0.15) is 59.9 Å². The molecular formula is C18H28O3. The molecule has 0 spiro atoms. The molecule has 0 aliphatic rings. The first-order valence-electron chi connectivity index (χ1n) is 7.55. The number of carbonyl (C=O) groups is 1. The summed E-state index contributed by atoms with van der Waals surface area (Å²) in [5, 5.41) is 9.02. The van der Waals surface area contributed by atoms with Gasteiger partial charge in [-0.3, -0.25) is 0 Å². The minimum Gasteiger partial charge on any atom is -0.479 e. The molecule has 0 aromatic heterocycles. The van der Waals surface area contributed by atoms with E-state index in [1.54, 1.807) is 6.92 Å². The number of hydrogen-bond acceptors (Lipinski definition) is 2. The van der Waals surface area contributed by atoms with Gasteiger partial charge in [-0.15, -0.1) is 0 Å². The summed E-state index contributed by atoms with van der Waals surface area (Å²) >= 11 is 0. The van der Waals surface area contributed by atoms with Gasteiger partial charge in [-0.1, -0.05) is 53.7 Å². The predicted octanol–water partition coefficient (Wildman–Crippen LogP) is 4.64. The Labute approximate surface area is 128 Å². The minimum absolute atomic E-state index is 0.0771. The van der Waals surface area contributed by atoms with E-state index < -0.39 is 12.1 Å². The number of benzene rings is 1. The smallest absolute Gasteiger partial charge is 0.344 e. The van der Waals surface area contributed by atoms with Crippen molar-refractivity contribution < 1.29 is 14.6 Å². The van der Waals surface area contributed by atoms with Gasteiger partial charge >= 0.3 is 5.97 Å². The van der Waals surface area contributed by atoms with Crippen molar-refractivity contribution in [2.24, 2.45) is 5.41 Å². The predicted molar refractivity (Wildman–Crippen MR) is 85.9 cm³/mol. The summed E-state index contributed by atoms with van der Waals surface area (Å²) in [5.74, 6) is -0.311. The molecule has 1 atom stereocenters. The third-order valence-corrected chi connectivity index (χ3v) is 3.53. The first-order valence-corrected chi connectivity index (χ1v) is 7.55. The van der Waals surface area contributed by atoms with Crippen LogP contribution in [0.2, 0.25) is 0 Å². The number of carboxylic acid groups (broad SMARTS) is 1. The van der Waals surface area contributed by atoms with Crippen LogP contribution >= 0.6 is 0 Å². The van der Waals surface area contributed by atoms with Crippen molar-refractivity contribution >= 4 is 5.97 Å². The summed E-state index contributed by atoms with van der Waals surface area (Å²) < 4.78 is 5.49. The van der Waals surface area contributed by atoms with E-state index in [1.807, 2.05) is 24.3 Å². The van der Waals surface area contributed by atoms with Crippen LogP contribution in [-0.2, 0) is 10.2 Å². The molecule has 0 aliphatic carbocycles. The Morgan fingerprint density at radius 2 is 1.67 bits per heavy atom. The van der Waals surface area contributed by atoms with E-state index in [0.717, 1.165) is 6.42 Å². The molecular weight excluding hydrogens is 264 g/mol. The van der Waals surface area contributed by atoms with Crippen molar-refractivity contribution in [2.45, 2.75) is 65.9 Å². The van der Waals surface area contributed by atoms with Crippen LogP contribution in [0.3, 0.4) is 0 Å². The summed E-state index contributed by atoms with van der Waals surface area (Å²) in [6.45, 7) is 13.0. The Bertz CT molecular complexity index is 466. The van der Waals surface area contributed by atoms with Crippen LogP contribution in [0.4, 0.5) is 0 Å². The first-order chi connectivity index (χ1) is 9.55. The lowest BCUT2D eigenvalue weighted by Crippen LogP contribution is -2.26. The fourth-order valence-electron chi connectivity index (χ4n) is 2.89. The molecule has 3 heteroatoms. The van der Waals surface area contributed by atoms with Crippen molar-refractivity contribution in [1.29, 1.82) is 0 Å². The van der Waals surface area contributed by atoms with E-state index >= 15 is 0 Å². The molecule has 0 heterocycles. The second-order valence-electron chi connectivity index (χ2n) is 7.50. The van der Waals surface area contributed by atoms with Gasteiger partial charge in [-0.2, -0.15) is 0 Å². The fraction of sp³-hybridized carbons (Fsp3) is 0.611. The highest BCUT2D eigenvalue weighted by molar-refractivity contribution is 5.72. The Kier molecular flexibility index (Phi) is 5.43. The van der Waals surface area contributed by atoms with Gasteiger partial charge in [0.15, 0.2) is 6.10 Å². The normalized spacial score (nSPS) is 13.8. The van der Waals surface area contributed by atoms with E-state index in [4.69, 9.17) is 9.84 Å². The number of aliphatic carboxylic acids is 1. The highest BCUT2D eigenvalue weighted by atomic mass is 16.5.